The first-order chi connectivity index (χ1) is 9.04. The maximum Gasteiger partial charge on any atom is 0.144 e. The summed E-state index contributed by atoms with van der Waals surface area (Å²) in [5.41, 5.74) is 6.70. The van der Waals surface area contributed by atoms with E-state index in [-0.39, 0.29) is 0 Å². The topological polar surface area (TPSA) is 55.0 Å². The van der Waals surface area contributed by atoms with Gasteiger partial charge in [0.15, 0.2) is 0 Å². The largest absolute Gasteiger partial charge is 0.384 e. The van der Waals surface area contributed by atoms with Crippen LogP contribution in [0.2, 0.25) is 0 Å². The van der Waals surface area contributed by atoms with E-state index in [1.807, 2.05) is 6.92 Å². The third kappa shape index (κ3) is 4.01. The maximum atomic E-state index is 5.78. The standard InChI is InChI=1S/C14H20N4S/c1-10(2)18(8-12-5-4-6-19-12)9-14-16-11(3)7-13(15)17-14/h4-7,10H,8-9H2,1-3H3,(H2,15,16,17). The van der Waals surface area contributed by atoms with E-state index in [9.17, 15) is 0 Å². The second kappa shape index (κ2) is 6.12. The van der Waals surface area contributed by atoms with Crippen molar-refractivity contribution in [2.45, 2.75) is 39.9 Å². The highest BCUT2D eigenvalue weighted by Gasteiger charge is 2.13. The lowest BCUT2D eigenvalue weighted by Crippen LogP contribution is -2.30. The van der Waals surface area contributed by atoms with Gasteiger partial charge in [-0.05, 0) is 32.2 Å². The molecule has 2 N–H and O–H groups in total. The number of nitrogens with two attached hydrogens (primary N) is 1. The molecule has 0 fully saturated rings. The molecule has 2 aromatic heterocycles. The van der Waals surface area contributed by atoms with Crippen molar-refractivity contribution in [3.05, 3.63) is 40.0 Å². The van der Waals surface area contributed by atoms with Crippen LogP contribution in [-0.4, -0.2) is 20.9 Å². The lowest BCUT2D eigenvalue weighted by molar-refractivity contribution is 0.200. The van der Waals surface area contributed by atoms with Crippen molar-refractivity contribution >= 4 is 17.2 Å². The summed E-state index contributed by atoms with van der Waals surface area (Å²) in [7, 11) is 0. The van der Waals surface area contributed by atoms with Crippen molar-refractivity contribution in [1.29, 1.82) is 0 Å². The second-order valence-corrected chi connectivity index (χ2v) is 5.96. The van der Waals surface area contributed by atoms with Crippen LogP contribution in [0.3, 0.4) is 0 Å². The summed E-state index contributed by atoms with van der Waals surface area (Å²) in [5.74, 6) is 1.34. The molecule has 0 radical (unpaired) electrons. The number of anilines is 1. The number of hydrogen-bond acceptors (Lipinski definition) is 5. The van der Waals surface area contributed by atoms with Crippen LogP contribution < -0.4 is 5.73 Å². The van der Waals surface area contributed by atoms with Gasteiger partial charge in [-0.3, -0.25) is 4.90 Å². The van der Waals surface area contributed by atoms with Gasteiger partial charge in [-0.15, -0.1) is 11.3 Å². The summed E-state index contributed by atoms with van der Waals surface area (Å²) in [6.07, 6.45) is 0. The summed E-state index contributed by atoms with van der Waals surface area (Å²) >= 11 is 1.78. The number of aryl methyl sites for hydroxylation is 1. The quantitative estimate of drug-likeness (QED) is 0.912. The predicted octanol–water partition coefficient (Wildman–Crippen LogP) is 2.84. The molecule has 0 atom stereocenters. The smallest absolute Gasteiger partial charge is 0.144 e. The van der Waals surface area contributed by atoms with Gasteiger partial charge in [0.1, 0.15) is 11.6 Å². The highest BCUT2D eigenvalue weighted by atomic mass is 32.1. The van der Waals surface area contributed by atoms with Crippen molar-refractivity contribution in [2.75, 3.05) is 5.73 Å². The number of aromatic nitrogens is 2. The Kier molecular flexibility index (Phi) is 4.50. The van der Waals surface area contributed by atoms with E-state index in [2.05, 4.69) is 46.2 Å². The van der Waals surface area contributed by atoms with E-state index in [1.54, 1.807) is 17.4 Å². The third-order valence-electron chi connectivity index (χ3n) is 2.93. The van der Waals surface area contributed by atoms with Crippen molar-refractivity contribution in [3.63, 3.8) is 0 Å². The molecule has 2 aromatic rings. The van der Waals surface area contributed by atoms with E-state index in [0.717, 1.165) is 24.6 Å². The molecule has 0 saturated carbocycles. The monoisotopic (exact) mass is 276 g/mol. The highest BCUT2D eigenvalue weighted by molar-refractivity contribution is 7.09. The van der Waals surface area contributed by atoms with E-state index >= 15 is 0 Å². The fourth-order valence-corrected chi connectivity index (χ4v) is 2.66. The summed E-state index contributed by atoms with van der Waals surface area (Å²) < 4.78 is 0. The lowest BCUT2D eigenvalue weighted by Gasteiger charge is -2.25. The minimum absolute atomic E-state index is 0.437. The van der Waals surface area contributed by atoms with Gasteiger partial charge in [0.2, 0.25) is 0 Å². The molecule has 0 saturated heterocycles. The van der Waals surface area contributed by atoms with E-state index in [0.29, 0.717) is 11.9 Å². The van der Waals surface area contributed by atoms with Crippen LogP contribution in [0.25, 0.3) is 0 Å². The average Bonchev–Trinajstić information content (AvgIpc) is 2.79. The molecule has 2 heterocycles. The molecule has 2 rings (SSSR count). The van der Waals surface area contributed by atoms with Gasteiger partial charge in [-0.2, -0.15) is 0 Å². The fraction of sp³-hybridized carbons (Fsp3) is 0.429. The number of hydrogen-bond donors (Lipinski definition) is 1. The lowest BCUT2D eigenvalue weighted by atomic mass is 10.3. The first-order valence-electron chi connectivity index (χ1n) is 6.41. The zero-order valence-corrected chi connectivity index (χ0v) is 12.4. The molecule has 0 aliphatic rings. The summed E-state index contributed by atoms with van der Waals surface area (Å²) in [4.78, 5) is 12.5. The van der Waals surface area contributed by atoms with Gasteiger partial charge in [-0.1, -0.05) is 6.07 Å². The normalized spacial score (nSPS) is 11.4. The fourth-order valence-electron chi connectivity index (χ4n) is 1.93. The molecule has 0 aromatic carbocycles. The Balaban J connectivity index is 2.12. The molecular weight excluding hydrogens is 256 g/mol. The average molecular weight is 276 g/mol. The van der Waals surface area contributed by atoms with Crippen LogP contribution in [0.5, 0.6) is 0 Å². The van der Waals surface area contributed by atoms with Crippen molar-refractivity contribution in [2.24, 2.45) is 0 Å². The molecular formula is C14H20N4S. The third-order valence-corrected chi connectivity index (χ3v) is 3.80. The van der Waals surface area contributed by atoms with Crippen molar-refractivity contribution in [3.8, 4) is 0 Å². The molecule has 0 amide bonds. The Morgan fingerprint density at radius 1 is 1.32 bits per heavy atom. The zero-order chi connectivity index (χ0) is 13.8. The Hall–Kier alpha value is -1.46. The highest BCUT2D eigenvalue weighted by Crippen LogP contribution is 2.16. The van der Waals surface area contributed by atoms with Gasteiger partial charge in [0.25, 0.3) is 0 Å². The Bertz CT molecular complexity index is 502. The Labute approximate surface area is 118 Å². The minimum atomic E-state index is 0.437. The van der Waals surface area contributed by atoms with Gasteiger partial charge < -0.3 is 5.73 Å². The van der Waals surface area contributed by atoms with E-state index < -0.39 is 0 Å². The van der Waals surface area contributed by atoms with Crippen LogP contribution in [0.15, 0.2) is 23.6 Å². The van der Waals surface area contributed by atoms with E-state index in [4.69, 9.17) is 5.73 Å². The first-order valence-corrected chi connectivity index (χ1v) is 7.29. The van der Waals surface area contributed by atoms with Gasteiger partial charge in [-0.25, -0.2) is 9.97 Å². The minimum Gasteiger partial charge on any atom is -0.384 e. The summed E-state index contributed by atoms with van der Waals surface area (Å²) in [6, 6.07) is 6.47. The van der Waals surface area contributed by atoms with Crippen LogP contribution in [0.1, 0.15) is 30.2 Å². The maximum absolute atomic E-state index is 5.78. The SMILES string of the molecule is Cc1cc(N)nc(CN(Cc2cccs2)C(C)C)n1. The van der Waals surface area contributed by atoms with Gasteiger partial charge in [0, 0.05) is 29.2 Å². The molecule has 102 valence electrons. The molecule has 0 aliphatic heterocycles. The Morgan fingerprint density at radius 3 is 2.68 bits per heavy atom. The molecule has 0 unspecified atom stereocenters. The van der Waals surface area contributed by atoms with Gasteiger partial charge >= 0.3 is 0 Å². The zero-order valence-electron chi connectivity index (χ0n) is 11.6. The summed E-state index contributed by atoms with van der Waals surface area (Å²) in [6.45, 7) is 7.97. The van der Waals surface area contributed by atoms with E-state index in [1.165, 1.54) is 4.88 Å². The molecule has 5 heteroatoms. The first kappa shape index (κ1) is 14.0. The molecule has 0 aliphatic carbocycles. The number of thiophene rings is 1. The van der Waals surface area contributed by atoms with Crippen LogP contribution >= 0.6 is 11.3 Å². The van der Waals surface area contributed by atoms with Gasteiger partial charge in [0.05, 0.1) is 6.54 Å². The number of nitrogens with zero attached hydrogens (tertiary/aromatic N) is 3. The molecule has 19 heavy (non-hydrogen) atoms. The summed E-state index contributed by atoms with van der Waals surface area (Å²) in [5, 5.41) is 2.11. The van der Waals surface area contributed by atoms with Crippen LogP contribution in [0.4, 0.5) is 5.82 Å². The molecule has 0 spiro atoms. The predicted molar refractivity (Wildman–Crippen MR) is 79.9 cm³/mol. The van der Waals surface area contributed by atoms with Crippen molar-refractivity contribution < 1.29 is 0 Å². The van der Waals surface area contributed by atoms with Crippen molar-refractivity contribution in [1.82, 2.24) is 14.9 Å². The number of nitrogen functional groups attached to an aromatic ring is 1. The Morgan fingerprint density at radius 2 is 2.11 bits per heavy atom. The molecule has 4 nitrogen and oxygen atoms in total. The second-order valence-electron chi connectivity index (χ2n) is 4.93. The van der Waals surface area contributed by atoms with Crippen LogP contribution in [-0.2, 0) is 13.1 Å². The number of rotatable bonds is 5. The molecule has 0 bridgehead atoms. The van der Waals surface area contributed by atoms with Crippen LogP contribution in [0, 0.1) is 6.92 Å².